The smallest absolute Gasteiger partial charge is 0.113 e. The molecule has 0 bridgehead atoms. The van der Waals surface area contributed by atoms with Gasteiger partial charge in [-0.1, -0.05) is 25.8 Å². The highest BCUT2D eigenvalue weighted by molar-refractivity contribution is 5.28. The van der Waals surface area contributed by atoms with Gasteiger partial charge in [-0.3, -0.25) is 0 Å². The van der Waals surface area contributed by atoms with Gasteiger partial charge in [0.25, 0.3) is 0 Å². The summed E-state index contributed by atoms with van der Waals surface area (Å²) in [6.07, 6.45) is 3.04. The molecule has 0 fully saturated rings. The van der Waals surface area contributed by atoms with E-state index in [4.69, 9.17) is 0 Å². The first-order chi connectivity index (χ1) is 6.36. The Morgan fingerprint density at radius 3 is 2.85 bits per heavy atom. The van der Waals surface area contributed by atoms with Crippen molar-refractivity contribution in [2.45, 2.75) is 33.1 Å². The van der Waals surface area contributed by atoms with Crippen molar-refractivity contribution in [1.82, 2.24) is 4.98 Å². The number of unbranched alkanes of at least 4 members (excludes halogenated alkanes) is 1. The molecule has 1 aromatic rings. The van der Waals surface area contributed by atoms with E-state index in [9.17, 15) is 0 Å². The molecule has 0 N–H and O–H groups in total. The molecule has 0 radical (unpaired) electrons. The van der Waals surface area contributed by atoms with Gasteiger partial charge in [0.15, 0.2) is 0 Å². The fraction of sp³-hybridized carbons (Fsp3) is 0.417. The molecule has 0 saturated carbocycles. The summed E-state index contributed by atoms with van der Waals surface area (Å²) in [5.41, 5.74) is 2.01. The minimum Gasteiger partial charge on any atom is -0.244 e. The Bertz CT molecular complexity index is 317. The number of nitrogens with zero attached hydrogens (tertiary/aromatic N) is 1. The molecule has 0 atom stereocenters. The van der Waals surface area contributed by atoms with Gasteiger partial charge in [0, 0.05) is 12.1 Å². The van der Waals surface area contributed by atoms with Gasteiger partial charge in [-0.25, -0.2) is 4.98 Å². The Balaban J connectivity index is 2.73. The van der Waals surface area contributed by atoms with E-state index in [0.717, 1.165) is 30.7 Å². The minimum atomic E-state index is 0.896. The van der Waals surface area contributed by atoms with Crippen LogP contribution in [0.15, 0.2) is 18.2 Å². The lowest BCUT2D eigenvalue weighted by molar-refractivity contribution is 0.981. The molecule has 0 amide bonds. The summed E-state index contributed by atoms with van der Waals surface area (Å²) in [5, 5.41) is 0. The van der Waals surface area contributed by atoms with E-state index in [0.29, 0.717) is 0 Å². The van der Waals surface area contributed by atoms with Gasteiger partial charge < -0.3 is 0 Å². The first-order valence-corrected chi connectivity index (χ1v) is 4.81. The molecule has 0 unspecified atom stereocenters. The largest absolute Gasteiger partial charge is 0.244 e. The molecule has 1 rings (SSSR count). The second kappa shape index (κ2) is 5.37. The number of rotatable bonds is 2. The van der Waals surface area contributed by atoms with E-state index in [2.05, 4.69) is 30.7 Å². The number of hydrogen-bond donors (Lipinski definition) is 0. The Kier molecular flexibility index (Phi) is 4.05. The van der Waals surface area contributed by atoms with Crippen LogP contribution in [-0.4, -0.2) is 4.98 Å². The zero-order chi connectivity index (χ0) is 9.52. The molecule has 0 saturated heterocycles. The Morgan fingerprint density at radius 2 is 2.15 bits per heavy atom. The molecule has 1 aromatic heterocycles. The molecule has 68 valence electrons. The first-order valence-electron chi connectivity index (χ1n) is 4.81. The molecular formula is C12H15N. The lowest BCUT2D eigenvalue weighted by atomic mass is 10.2. The van der Waals surface area contributed by atoms with Crippen molar-refractivity contribution in [2.24, 2.45) is 0 Å². The molecule has 0 aliphatic carbocycles. The fourth-order valence-electron chi connectivity index (χ4n) is 1.02. The quantitative estimate of drug-likeness (QED) is 0.627. The normalized spacial score (nSPS) is 9.08. The predicted octanol–water partition coefficient (Wildman–Crippen LogP) is 2.80. The minimum absolute atomic E-state index is 0.896. The van der Waals surface area contributed by atoms with Crippen molar-refractivity contribution in [3.8, 4) is 11.8 Å². The third kappa shape index (κ3) is 3.29. The second-order valence-corrected chi connectivity index (χ2v) is 2.92. The Morgan fingerprint density at radius 1 is 1.31 bits per heavy atom. The Hall–Kier alpha value is -1.29. The summed E-state index contributed by atoms with van der Waals surface area (Å²) in [7, 11) is 0. The van der Waals surface area contributed by atoms with Crippen molar-refractivity contribution in [3.63, 3.8) is 0 Å². The summed E-state index contributed by atoms with van der Waals surface area (Å²) in [6.45, 7) is 4.23. The van der Waals surface area contributed by atoms with E-state index in [1.807, 2.05) is 18.2 Å². The highest BCUT2D eigenvalue weighted by Crippen LogP contribution is 1.98. The maximum atomic E-state index is 4.39. The van der Waals surface area contributed by atoms with Gasteiger partial charge >= 0.3 is 0 Å². The monoisotopic (exact) mass is 173 g/mol. The maximum absolute atomic E-state index is 4.39. The van der Waals surface area contributed by atoms with Gasteiger partial charge in [-0.05, 0) is 30.9 Å². The molecule has 1 heterocycles. The van der Waals surface area contributed by atoms with Crippen LogP contribution >= 0.6 is 0 Å². The average Bonchev–Trinajstić information content (AvgIpc) is 2.19. The van der Waals surface area contributed by atoms with E-state index in [1.165, 1.54) is 0 Å². The third-order valence-corrected chi connectivity index (χ3v) is 1.76. The standard InChI is InChI=1S/C12H15N/c1-3-5-6-8-12-10-7-9-11(4-2)13-12/h7,9-10H,3-5H2,1-2H3. The summed E-state index contributed by atoms with van der Waals surface area (Å²) < 4.78 is 0. The van der Waals surface area contributed by atoms with E-state index < -0.39 is 0 Å². The average molecular weight is 173 g/mol. The summed E-state index contributed by atoms with van der Waals surface area (Å²) >= 11 is 0. The number of aromatic nitrogens is 1. The maximum Gasteiger partial charge on any atom is 0.113 e. The van der Waals surface area contributed by atoms with Crippen LogP contribution < -0.4 is 0 Å². The van der Waals surface area contributed by atoms with Crippen LogP contribution in [0.3, 0.4) is 0 Å². The van der Waals surface area contributed by atoms with Crippen LogP contribution in [0.5, 0.6) is 0 Å². The molecule has 0 aliphatic rings. The van der Waals surface area contributed by atoms with E-state index in [-0.39, 0.29) is 0 Å². The molecule has 0 aliphatic heterocycles. The third-order valence-electron chi connectivity index (χ3n) is 1.76. The number of pyridine rings is 1. The zero-order valence-corrected chi connectivity index (χ0v) is 8.30. The van der Waals surface area contributed by atoms with Gasteiger partial charge in [-0.2, -0.15) is 0 Å². The van der Waals surface area contributed by atoms with E-state index >= 15 is 0 Å². The van der Waals surface area contributed by atoms with Gasteiger partial charge in [0.1, 0.15) is 5.69 Å². The van der Waals surface area contributed by atoms with Crippen LogP contribution in [0.4, 0.5) is 0 Å². The van der Waals surface area contributed by atoms with E-state index in [1.54, 1.807) is 0 Å². The van der Waals surface area contributed by atoms with Crippen LogP contribution in [0.1, 0.15) is 38.1 Å². The van der Waals surface area contributed by atoms with Crippen molar-refractivity contribution >= 4 is 0 Å². The topological polar surface area (TPSA) is 12.9 Å². The molecule has 1 nitrogen and oxygen atoms in total. The number of aryl methyl sites for hydroxylation is 1. The van der Waals surface area contributed by atoms with Crippen molar-refractivity contribution in [3.05, 3.63) is 29.6 Å². The van der Waals surface area contributed by atoms with Gasteiger partial charge in [0.05, 0.1) is 0 Å². The van der Waals surface area contributed by atoms with Crippen LogP contribution in [0, 0.1) is 11.8 Å². The predicted molar refractivity (Wildman–Crippen MR) is 55.4 cm³/mol. The summed E-state index contributed by atoms with van der Waals surface area (Å²) in [5.74, 6) is 6.15. The molecule has 0 spiro atoms. The van der Waals surface area contributed by atoms with Crippen LogP contribution in [-0.2, 0) is 6.42 Å². The van der Waals surface area contributed by atoms with Gasteiger partial charge in [-0.15, -0.1) is 0 Å². The Labute approximate surface area is 80.2 Å². The molecule has 1 heteroatoms. The lowest BCUT2D eigenvalue weighted by Gasteiger charge is -1.94. The first kappa shape index (κ1) is 9.80. The fourth-order valence-corrected chi connectivity index (χ4v) is 1.02. The van der Waals surface area contributed by atoms with Crippen molar-refractivity contribution < 1.29 is 0 Å². The lowest BCUT2D eigenvalue weighted by Crippen LogP contribution is -1.88. The zero-order valence-electron chi connectivity index (χ0n) is 8.30. The van der Waals surface area contributed by atoms with Crippen LogP contribution in [0.25, 0.3) is 0 Å². The number of hydrogen-bond acceptors (Lipinski definition) is 1. The molecule has 13 heavy (non-hydrogen) atoms. The highest BCUT2D eigenvalue weighted by atomic mass is 14.7. The molecule has 0 aromatic carbocycles. The summed E-state index contributed by atoms with van der Waals surface area (Å²) in [4.78, 5) is 4.39. The van der Waals surface area contributed by atoms with Crippen molar-refractivity contribution in [1.29, 1.82) is 0 Å². The van der Waals surface area contributed by atoms with Crippen molar-refractivity contribution in [2.75, 3.05) is 0 Å². The highest BCUT2D eigenvalue weighted by Gasteiger charge is 1.90. The summed E-state index contributed by atoms with van der Waals surface area (Å²) in [6, 6.07) is 6.01. The SMILES string of the molecule is CCCC#Cc1cccc(CC)n1. The molecular weight excluding hydrogens is 158 g/mol. The van der Waals surface area contributed by atoms with Crippen LogP contribution in [0.2, 0.25) is 0 Å². The second-order valence-electron chi connectivity index (χ2n) is 2.92. The van der Waals surface area contributed by atoms with Gasteiger partial charge in [0.2, 0.25) is 0 Å².